The minimum absolute atomic E-state index is 0.0482. The molecule has 0 radical (unpaired) electrons. The quantitative estimate of drug-likeness (QED) is 0.764. The van der Waals surface area contributed by atoms with Gasteiger partial charge in [0, 0.05) is 22.8 Å². The van der Waals surface area contributed by atoms with Crippen molar-refractivity contribution < 1.29 is 9.18 Å². The lowest BCUT2D eigenvalue weighted by atomic mass is 9.92. The molecule has 0 aromatic heterocycles. The first-order chi connectivity index (χ1) is 12.4. The predicted molar refractivity (Wildman–Crippen MR) is 105 cm³/mol. The highest BCUT2D eigenvalue weighted by molar-refractivity contribution is 7.80. The van der Waals surface area contributed by atoms with Crippen LogP contribution in [0.25, 0.3) is 0 Å². The Morgan fingerprint density at radius 1 is 1.19 bits per heavy atom. The van der Waals surface area contributed by atoms with Gasteiger partial charge in [-0.3, -0.25) is 4.79 Å². The summed E-state index contributed by atoms with van der Waals surface area (Å²) in [5.41, 5.74) is 3.25. The topological polar surface area (TPSA) is 32.3 Å². The van der Waals surface area contributed by atoms with Gasteiger partial charge >= 0.3 is 0 Å². The van der Waals surface area contributed by atoms with Crippen molar-refractivity contribution in [3.8, 4) is 0 Å². The molecule has 1 unspecified atom stereocenters. The van der Waals surface area contributed by atoms with Gasteiger partial charge in [-0.05, 0) is 61.5 Å². The summed E-state index contributed by atoms with van der Waals surface area (Å²) in [6.07, 6.45) is 0. The monoisotopic (exact) mass is 388 g/mol. The van der Waals surface area contributed by atoms with E-state index in [1.807, 2.05) is 36.1 Å². The van der Waals surface area contributed by atoms with Crippen molar-refractivity contribution in [3.05, 3.63) is 81.8 Å². The molecule has 0 aliphatic carbocycles. The molecule has 0 amide bonds. The second-order valence-electron chi connectivity index (χ2n) is 6.20. The molecule has 2 aromatic rings. The Morgan fingerprint density at radius 2 is 1.81 bits per heavy atom. The highest BCUT2D eigenvalue weighted by Crippen LogP contribution is 2.32. The van der Waals surface area contributed by atoms with E-state index in [-0.39, 0.29) is 17.6 Å². The van der Waals surface area contributed by atoms with Gasteiger partial charge in [-0.2, -0.15) is 0 Å². The molecular formula is C20H18ClFN2OS. The van der Waals surface area contributed by atoms with Crippen LogP contribution in [-0.4, -0.2) is 15.8 Å². The molecule has 26 heavy (non-hydrogen) atoms. The minimum Gasteiger partial charge on any atom is -0.351 e. The van der Waals surface area contributed by atoms with Crippen LogP contribution in [0.1, 0.15) is 31.0 Å². The number of thiocarbonyl (C=S) groups is 1. The van der Waals surface area contributed by atoms with Crippen molar-refractivity contribution in [3.63, 3.8) is 0 Å². The number of nitrogens with one attached hydrogen (secondary N) is 1. The fraction of sp³-hybridized carbons (Fsp3) is 0.200. The van der Waals surface area contributed by atoms with Crippen LogP contribution in [0.4, 0.5) is 4.39 Å². The van der Waals surface area contributed by atoms with Gasteiger partial charge in [0.2, 0.25) is 0 Å². The molecule has 1 N–H and O–H groups in total. The number of allylic oxidation sites excluding steroid dienone is 1. The Morgan fingerprint density at radius 3 is 2.38 bits per heavy atom. The lowest BCUT2D eigenvalue weighted by Crippen LogP contribution is -2.47. The van der Waals surface area contributed by atoms with Crippen LogP contribution in [0.15, 0.2) is 59.8 Å². The summed E-state index contributed by atoms with van der Waals surface area (Å²) in [4.78, 5) is 14.2. The summed E-state index contributed by atoms with van der Waals surface area (Å²) in [6, 6.07) is 13.2. The van der Waals surface area contributed by atoms with Gasteiger partial charge in [0.1, 0.15) is 5.82 Å². The number of carbonyl (C=O) groups excluding carboxylic acids is 1. The summed E-state index contributed by atoms with van der Waals surface area (Å²) >= 11 is 11.5. The maximum atomic E-state index is 13.3. The molecule has 1 heterocycles. The fourth-order valence-corrected chi connectivity index (χ4v) is 3.55. The molecule has 6 heteroatoms. The van der Waals surface area contributed by atoms with E-state index in [0.29, 0.717) is 22.3 Å². The number of nitrogens with zero attached hydrogens (tertiary/aromatic N) is 1. The number of Topliss-reactive ketones (excluding diaryl/α,β-unsaturated/α-hetero) is 1. The van der Waals surface area contributed by atoms with Crippen molar-refractivity contribution in [1.82, 2.24) is 10.2 Å². The van der Waals surface area contributed by atoms with Gasteiger partial charge in [-0.1, -0.05) is 35.9 Å². The zero-order valence-corrected chi connectivity index (χ0v) is 16.0. The summed E-state index contributed by atoms with van der Waals surface area (Å²) in [6.45, 7) is 3.95. The number of hydrogen-bond donors (Lipinski definition) is 1. The highest BCUT2D eigenvalue weighted by atomic mass is 35.5. The van der Waals surface area contributed by atoms with Crippen LogP contribution >= 0.6 is 23.8 Å². The van der Waals surface area contributed by atoms with Gasteiger partial charge in [-0.15, -0.1) is 0 Å². The highest BCUT2D eigenvalue weighted by Gasteiger charge is 2.32. The van der Waals surface area contributed by atoms with Gasteiger partial charge in [0.25, 0.3) is 0 Å². The van der Waals surface area contributed by atoms with Crippen LogP contribution in [0, 0.1) is 5.82 Å². The third-order valence-corrected chi connectivity index (χ3v) is 5.02. The lowest BCUT2D eigenvalue weighted by molar-refractivity contribution is -0.114. The first kappa shape index (κ1) is 18.5. The Kier molecular flexibility index (Phi) is 5.39. The maximum absolute atomic E-state index is 13.3. The van der Waals surface area contributed by atoms with Crippen LogP contribution in [0.2, 0.25) is 5.02 Å². The molecule has 0 saturated carbocycles. The molecule has 1 atom stereocenters. The third-order valence-electron chi connectivity index (χ3n) is 4.43. The first-order valence-electron chi connectivity index (χ1n) is 8.16. The normalized spacial score (nSPS) is 17.3. The number of carbonyl (C=O) groups is 1. The lowest BCUT2D eigenvalue weighted by Gasteiger charge is -2.37. The standard InChI is InChI=1S/C20H18ClFN2OS/c1-12-18(13(2)25)19(15-5-9-17(22)10-6-15)23-20(26)24(12)11-14-3-7-16(21)8-4-14/h3-10,19H,11H2,1-2H3,(H,23,26). The van der Waals surface area contributed by atoms with E-state index in [9.17, 15) is 9.18 Å². The molecular weight excluding hydrogens is 371 g/mol. The molecule has 2 aromatic carbocycles. The number of hydrogen-bond acceptors (Lipinski definition) is 2. The molecule has 0 saturated heterocycles. The number of halogens is 2. The van der Waals surface area contributed by atoms with Gasteiger partial charge < -0.3 is 10.2 Å². The number of rotatable bonds is 4. The van der Waals surface area contributed by atoms with E-state index < -0.39 is 0 Å². The summed E-state index contributed by atoms with van der Waals surface area (Å²) in [5.74, 6) is -0.366. The van der Waals surface area contributed by atoms with Gasteiger partial charge in [-0.25, -0.2) is 4.39 Å². The molecule has 3 rings (SSSR count). The van der Waals surface area contributed by atoms with Crippen LogP contribution in [0.5, 0.6) is 0 Å². The molecule has 0 fully saturated rings. The Labute approximate surface area is 162 Å². The average Bonchev–Trinajstić information content (AvgIpc) is 2.60. The van der Waals surface area contributed by atoms with E-state index in [0.717, 1.165) is 16.8 Å². The molecule has 134 valence electrons. The Bertz CT molecular complexity index is 878. The van der Waals surface area contributed by atoms with Crippen LogP contribution < -0.4 is 5.32 Å². The second-order valence-corrected chi connectivity index (χ2v) is 7.03. The molecule has 1 aliphatic rings. The first-order valence-corrected chi connectivity index (χ1v) is 8.95. The average molecular weight is 389 g/mol. The fourth-order valence-electron chi connectivity index (χ4n) is 3.11. The Balaban J connectivity index is 1.98. The van der Waals surface area contributed by atoms with Crippen LogP contribution in [-0.2, 0) is 11.3 Å². The molecule has 3 nitrogen and oxygen atoms in total. The zero-order valence-electron chi connectivity index (χ0n) is 14.4. The predicted octanol–water partition coefficient (Wildman–Crippen LogP) is 4.77. The minimum atomic E-state index is -0.387. The number of ketones is 1. The third kappa shape index (κ3) is 3.79. The number of benzene rings is 2. The van der Waals surface area contributed by atoms with E-state index in [2.05, 4.69) is 5.32 Å². The zero-order chi connectivity index (χ0) is 18.8. The van der Waals surface area contributed by atoms with E-state index in [4.69, 9.17) is 23.8 Å². The molecule has 0 bridgehead atoms. The van der Waals surface area contributed by atoms with Crippen molar-refractivity contribution in [2.24, 2.45) is 0 Å². The SMILES string of the molecule is CC(=O)C1=C(C)N(Cc2ccc(Cl)cc2)C(=S)NC1c1ccc(F)cc1. The van der Waals surface area contributed by atoms with Crippen molar-refractivity contribution in [1.29, 1.82) is 0 Å². The van der Waals surface area contributed by atoms with Crippen molar-refractivity contribution in [2.45, 2.75) is 26.4 Å². The van der Waals surface area contributed by atoms with Crippen LogP contribution in [0.3, 0.4) is 0 Å². The second kappa shape index (κ2) is 7.56. The molecule has 1 aliphatic heterocycles. The summed E-state index contributed by atoms with van der Waals surface area (Å²) in [5, 5.41) is 4.42. The van der Waals surface area contributed by atoms with Gasteiger partial charge in [0.05, 0.1) is 6.04 Å². The van der Waals surface area contributed by atoms with Gasteiger partial charge in [0.15, 0.2) is 10.9 Å². The Hall–Kier alpha value is -2.24. The van der Waals surface area contributed by atoms with E-state index in [1.54, 1.807) is 12.1 Å². The van der Waals surface area contributed by atoms with Crippen molar-refractivity contribution in [2.75, 3.05) is 0 Å². The van der Waals surface area contributed by atoms with E-state index >= 15 is 0 Å². The maximum Gasteiger partial charge on any atom is 0.174 e. The summed E-state index contributed by atoms with van der Waals surface area (Å²) < 4.78 is 13.3. The summed E-state index contributed by atoms with van der Waals surface area (Å²) in [7, 11) is 0. The van der Waals surface area contributed by atoms with Crippen molar-refractivity contribution >= 4 is 34.7 Å². The largest absolute Gasteiger partial charge is 0.351 e. The molecule has 0 spiro atoms. The van der Waals surface area contributed by atoms with E-state index in [1.165, 1.54) is 19.1 Å². The smallest absolute Gasteiger partial charge is 0.174 e.